The normalized spacial score (nSPS) is 10.6. The fourth-order valence-electron chi connectivity index (χ4n) is 2.41. The number of fused-ring (bicyclic) bond motifs is 1. The number of benzene rings is 2. The topological polar surface area (TPSA) is 59.4 Å². The van der Waals surface area contributed by atoms with Crippen LogP contribution in [-0.4, -0.2) is 22.7 Å². The fraction of sp³-hybridized carbons (Fsp3) is 0.111. The number of hydrogen-bond acceptors (Lipinski definition) is 3. The van der Waals surface area contributed by atoms with Gasteiger partial charge in [0, 0.05) is 10.9 Å². The lowest BCUT2D eigenvalue weighted by Crippen LogP contribution is -2.00. The van der Waals surface area contributed by atoms with Gasteiger partial charge in [-0.1, -0.05) is 30.3 Å². The van der Waals surface area contributed by atoms with E-state index in [0.717, 1.165) is 11.3 Å². The molecule has 110 valence electrons. The summed E-state index contributed by atoms with van der Waals surface area (Å²) in [6.07, 6.45) is 0. The van der Waals surface area contributed by atoms with E-state index in [0.29, 0.717) is 23.2 Å². The summed E-state index contributed by atoms with van der Waals surface area (Å²) in [5.74, 6) is -0.215. The molecule has 1 heterocycles. The van der Waals surface area contributed by atoms with Crippen molar-refractivity contribution in [3.05, 3.63) is 60.2 Å². The predicted molar refractivity (Wildman–Crippen MR) is 85.3 cm³/mol. The van der Waals surface area contributed by atoms with Gasteiger partial charge in [0.2, 0.25) is 0 Å². The van der Waals surface area contributed by atoms with E-state index in [2.05, 4.69) is 4.98 Å². The number of carbonyl (C=O) groups is 1. The zero-order chi connectivity index (χ0) is 15.5. The predicted octanol–water partition coefficient (Wildman–Crippen LogP) is 4.00. The molecular formula is C18H15NO3. The number of ether oxygens (including phenoxy) is 1. The number of aromatic carboxylic acids is 1. The number of pyridine rings is 1. The minimum Gasteiger partial charge on any atom is -0.494 e. The second-order valence-corrected chi connectivity index (χ2v) is 4.84. The molecule has 0 aliphatic rings. The van der Waals surface area contributed by atoms with E-state index in [1.54, 1.807) is 12.1 Å². The van der Waals surface area contributed by atoms with Gasteiger partial charge in [-0.25, -0.2) is 9.78 Å². The Labute approximate surface area is 128 Å². The highest BCUT2D eigenvalue weighted by Crippen LogP contribution is 2.27. The van der Waals surface area contributed by atoms with Gasteiger partial charge in [-0.05, 0) is 31.2 Å². The van der Waals surface area contributed by atoms with Gasteiger partial charge in [-0.2, -0.15) is 0 Å². The van der Waals surface area contributed by atoms with Crippen LogP contribution in [0.3, 0.4) is 0 Å². The maximum atomic E-state index is 11.5. The lowest BCUT2D eigenvalue weighted by Gasteiger charge is -2.09. The largest absolute Gasteiger partial charge is 0.494 e. The number of rotatable bonds is 4. The van der Waals surface area contributed by atoms with Crippen molar-refractivity contribution in [2.24, 2.45) is 0 Å². The molecule has 0 atom stereocenters. The number of carboxylic acid groups (broad SMARTS) is 1. The van der Waals surface area contributed by atoms with Gasteiger partial charge in [-0.15, -0.1) is 0 Å². The maximum Gasteiger partial charge on any atom is 0.336 e. The van der Waals surface area contributed by atoms with Gasteiger partial charge < -0.3 is 9.84 Å². The van der Waals surface area contributed by atoms with Gasteiger partial charge in [-0.3, -0.25) is 0 Å². The Bertz CT molecular complexity index is 843. The van der Waals surface area contributed by atoms with Crippen LogP contribution < -0.4 is 4.74 Å². The highest BCUT2D eigenvalue weighted by atomic mass is 16.5. The van der Waals surface area contributed by atoms with Crippen molar-refractivity contribution in [1.29, 1.82) is 0 Å². The van der Waals surface area contributed by atoms with Crippen LogP contribution in [0.25, 0.3) is 22.2 Å². The van der Waals surface area contributed by atoms with Crippen molar-refractivity contribution >= 4 is 16.9 Å². The van der Waals surface area contributed by atoms with Gasteiger partial charge in [0.05, 0.1) is 23.4 Å². The van der Waals surface area contributed by atoms with Crippen molar-refractivity contribution in [3.8, 4) is 17.0 Å². The van der Waals surface area contributed by atoms with Crippen molar-refractivity contribution < 1.29 is 14.6 Å². The molecule has 0 radical (unpaired) electrons. The van der Waals surface area contributed by atoms with Crippen LogP contribution >= 0.6 is 0 Å². The van der Waals surface area contributed by atoms with Crippen molar-refractivity contribution in [2.45, 2.75) is 6.92 Å². The average Bonchev–Trinajstić information content (AvgIpc) is 2.54. The smallest absolute Gasteiger partial charge is 0.336 e. The average molecular weight is 293 g/mol. The van der Waals surface area contributed by atoms with Crippen LogP contribution in [-0.2, 0) is 0 Å². The number of carboxylic acids is 1. The van der Waals surface area contributed by atoms with E-state index in [4.69, 9.17) is 4.74 Å². The minimum atomic E-state index is -0.958. The zero-order valence-corrected chi connectivity index (χ0v) is 12.1. The Balaban J connectivity index is 2.19. The highest BCUT2D eigenvalue weighted by molar-refractivity contribution is 6.03. The van der Waals surface area contributed by atoms with Crippen molar-refractivity contribution in [3.63, 3.8) is 0 Å². The van der Waals surface area contributed by atoms with Gasteiger partial charge >= 0.3 is 5.97 Å². The first-order valence-electron chi connectivity index (χ1n) is 7.05. The van der Waals surface area contributed by atoms with E-state index in [-0.39, 0.29) is 5.56 Å². The van der Waals surface area contributed by atoms with E-state index in [1.807, 2.05) is 49.4 Å². The SMILES string of the molecule is CCOc1cccc(-c2cc(C(=O)O)c3ccccc3n2)c1. The molecule has 0 saturated heterocycles. The fourth-order valence-corrected chi connectivity index (χ4v) is 2.41. The molecule has 0 spiro atoms. The van der Waals surface area contributed by atoms with E-state index in [9.17, 15) is 9.90 Å². The van der Waals surface area contributed by atoms with Gasteiger partial charge in [0.25, 0.3) is 0 Å². The molecule has 3 rings (SSSR count). The molecule has 0 aliphatic heterocycles. The lowest BCUT2D eigenvalue weighted by atomic mass is 10.0. The van der Waals surface area contributed by atoms with Crippen LogP contribution in [0.1, 0.15) is 17.3 Å². The molecule has 1 N–H and O–H groups in total. The lowest BCUT2D eigenvalue weighted by molar-refractivity contribution is 0.0699. The number of aromatic nitrogens is 1. The van der Waals surface area contributed by atoms with E-state index in [1.165, 1.54) is 0 Å². The summed E-state index contributed by atoms with van der Waals surface area (Å²) >= 11 is 0. The number of para-hydroxylation sites is 1. The molecule has 2 aromatic carbocycles. The van der Waals surface area contributed by atoms with Gasteiger partial charge in [0.15, 0.2) is 0 Å². The summed E-state index contributed by atoms with van der Waals surface area (Å²) in [7, 11) is 0. The molecule has 0 fully saturated rings. The summed E-state index contributed by atoms with van der Waals surface area (Å²) in [5, 5.41) is 10.1. The number of hydrogen-bond donors (Lipinski definition) is 1. The first kappa shape index (κ1) is 14.1. The molecule has 0 unspecified atom stereocenters. The zero-order valence-electron chi connectivity index (χ0n) is 12.1. The third-order valence-electron chi connectivity index (χ3n) is 3.39. The quantitative estimate of drug-likeness (QED) is 0.790. The molecular weight excluding hydrogens is 278 g/mol. The third-order valence-corrected chi connectivity index (χ3v) is 3.39. The second kappa shape index (κ2) is 5.85. The molecule has 0 bridgehead atoms. The summed E-state index contributed by atoms with van der Waals surface area (Å²) < 4.78 is 5.49. The van der Waals surface area contributed by atoms with Crippen molar-refractivity contribution in [2.75, 3.05) is 6.61 Å². The molecule has 0 saturated carbocycles. The second-order valence-electron chi connectivity index (χ2n) is 4.84. The Morgan fingerprint density at radius 2 is 1.95 bits per heavy atom. The summed E-state index contributed by atoms with van der Waals surface area (Å²) in [5.41, 5.74) is 2.37. The van der Waals surface area contributed by atoms with Crippen LogP contribution in [0.2, 0.25) is 0 Å². The van der Waals surface area contributed by atoms with Crippen LogP contribution in [0.15, 0.2) is 54.6 Å². The summed E-state index contributed by atoms with van der Waals surface area (Å²) in [4.78, 5) is 16.1. The first-order valence-corrected chi connectivity index (χ1v) is 7.05. The molecule has 4 nitrogen and oxygen atoms in total. The monoisotopic (exact) mass is 293 g/mol. The Kier molecular flexibility index (Phi) is 3.74. The van der Waals surface area contributed by atoms with Crippen molar-refractivity contribution in [1.82, 2.24) is 4.98 Å². The Morgan fingerprint density at radius 3 is 2.73 bits per heavy atom. The Morgan fingerprint density at radius 1 is 1.14 bits per heavy atom. The van der Waals surface area contributed by atoms with Crippen LogP contribution in [0, 0.1) is 0 Å². The van der Waals surface area contributed by atoms with Crippen LogP contribution in [0.4, 0.5) is 0 Å². The van der Waals surface area contributed by atoms with E-state index >= 15 is 0 Å². The molecule has 3 aromatic rings. The summed E-state index contributed by atoms with van der Waals surface area (Å²) in [6.45, 7) is 2.50. The van der Waals surface area contributed by atoms with Crippen LogP contribution in [0.5, 0.6) is 5.75 Å². The number of nitrogens with zero attached hydrogens (tertiary/aromatic N) is 1. The molecule has 4 heteroatoms. The van der Waals surface area contributed by atoms with E-state index < -0.39 is 5.97 Å². The third kappa shape index (κ3) is 2.63. The highest BCUT2D eigenvalue weighted by Gasteiger charge is 2.12. The molecule has 1 aromatic heterocycles. The first-order chi connectivity index (χ1) is 10.7. The standard InChI is InChI=1S/C18H15NO3/c1-2-22-13-7-5-6-12(10-13)17-11-15(18(20)21)14-8-3-4-9-16(14)19-17/h3-11H,2H2,1H3,(H,20,21). The molecule has 22 heavy (non-hydrogen) atoms. The van der Waals surface area contributed by atoms with Gasteiger partial charge in [0.1, 0.15) is 5.75 Å². The maximum absolute atomic E-state index is 11.5. The summed E-state index contributed by atoms with van der Waals surface area (Å²) in [6, 6.07) is 16.4. The molecule has 0 aliphatic carbocycles. The minimum absolute atomic E-state index is 0.252. The molecule has 0 amide bonds. The Hall–Kier alpha value is -2.88.